The van der Waals surface area contributed by atoms with E-state index in [0.717, 1.165) is 5.56 Å². The number of hydrogen-bond acceptors (Lipinski definition) is 9. The number of carbonyl (C=O) groups excluding carboxylic acids is 2. The van der Waals surface area contributed by atoms with Crippen molar-refractivity contribution in [3.63, 3.8) is 0 Å². The van der Waals surface area contributed by atoms with Gasteiger partial charge in [-0.3, -0.25) is 0 Å². The van der Waals surface area contributed by atoms with E-state index in [0.29, 0.717) is 33.9 Å². The standard InChI is InChI=1S/C19H22N4O5S2/c1-4-27-17(24)15-13(9-30-19-23-22-14(28-19)10-29-3)20-18(25)21-16(15)11-5-7-12(26-2)8-6-11/h5-8,16H,4,9-10H2,1-3H3,(H2,20,21,25). The fourth-order valence-electron chi connectivity index (χ4n) is 2.84. The minimum atomic E-state index is -0.658. The number of amides is 2. The van der Waals surface area contributed by atoms with Gasteiger partial charge in [0.1, 0.15) is 5.75 Å². The Morgan fingerprint density at radius 3 is 2.67 bits per heavy atom. The van der Waals surface area contributed by atoms with Crippen LogP contribution in [0.2, 0.25) is 0 Å². The number of urea groups is 1. The van der Waals surface area contributed by atoms with E-state index in [-0.39, 0.29) is 12.4 Å². The number of methoxy groups -OCH3 is 1. The Hall–Kier alpha value is -2.66. The van der Waals surface area contributed by atoms with Crippen LogP contribution in [-0.2, 0) is 15.3 Å². The molecule has 0 fully saturated rings. The first-order valence-corrected chi connectivity index (χ1v) is 11.5. The van der Waals surface area contributed by atoms with Crippen LogP contribution in [0.1, 0.15) is 24.4 Å². The summed E-state index contributed by atoms with van der Waals surface area (Å²) in [6.45, 7) is 1.95. The van der Waals surface area contributed by atoms with Gasteiger partial charge in [-0.05, 0) is 30.9 Å². The summed E-state index contributed by atoms with van der Waals surface area (Å²) in [5.74, 6) is 1.57. The molecule has 2 N–H and O–H groups in total. The number of thioether (sulfide) groups is 2. The molecule has 1 aliphatic rings. The van der Waals surface area contributed by atoms with Gasteiger partial charge in [0.25, 0.3) is 5.22 Å². The summed E-state index contributed by atoms with van der Waals surface area (Å²) in [6.07, 6.45) is 1.94. The maximum Gasteiger partial charge on any atom is 0.338 e. The zero-order chi connectivity index (χ0) is 21.5. The van der Waals surface area contributed by atoms with Crippen molar-refractivity contribution in [1.29, 1.82) is 0 Å². The summed E-state index contributed by atoms with van der Waals surface area (Å²) >= 11 is 2.82. The van der Waals surface area contributed by atoms with Gasteiger partial charge in [-0.2, -0.15) is 11.8 Å². The molecule has 0 spiro atoms. The van der Waals surface area contributed by atoms with Crippen molar-refractivity contribution in [2.75, 3.05) is 25.7 Å². The van der Waals surface area contributed by atoms with Crippen molar-refractivity contribution in [3.05, 3.63) is 47.0 Å². The van der Waals surface area contributed by atoms with Gasteiger partial charge < -0.3 is 24.5 Å². The first kappa shape index (κ1) is 22.0. The van der Waals surface area contributed by atoms with Crippen molar-refractivity contribution < 1.29 is 23.5 Å². The average molecular weight is 451 g/mol. The van der Waals surface area contributed by atoms with Crippen LogP contribution in [0.25, 0.3) is 0 Å². The lowest BCUT2D eigenvalue weighted by Gasteiger charge is -2.29. The number of hydrogen-bond donors (Lipinski definition) is 2. The number of aromatic nitrogens is 2. The van der Waals surface area contributed by atoms with Gasteiger partial charge in [0.15, 0.2) is 0 Å². The minimum Gasteiger partial charge on any atom is -0.497 e. The molecule has 1 aromatic carbocycles. The molecule has 0 radical (unpaired) electrons. The molecule has 0 aliphatic carbocycles. The van der Waals surface area contributed by atoms with Crippen LogP contribution in [0.15, 0.2) is 45.2 Å². The average Bonchev–Trinajstić information content (AvgIpc) is 3.19. The van der Waals surface area contributed by atoms with Crippen molar-refractivity contribution in [2.24, 2.45) is 0 Å². The van der Waals surface area contributed by atoms with Gasteiger partial charge in [0.05, 0.1) is 31.1 Å². The molecule has 160 valence electrons. The second-order valence-corrected chi connectivity index (χ2v) is 7.89. The fourth-order valence-corrected chi connectivity index (χ4v) is 3.95. The number of esters is 1. The fraction of sp³-hybridized carbons (Fsp3) is 0.368. The van der Waals surface area contributed by atoms with Gasteiger partial charge in [-0.1, -0.05) is 23.9 Å². The molecular weight excluding hydrogens is 428 g/mol. The molecule has 1 unspecified atom stereocenters. The highest BCUT2D eigenvalue weighted by Gasteiger charge is 2.34. The van der Waals surface area contributed by atoms with Crippen LogP contribution in [0.4, 0.5) is 4.79 Å². The predicted molar refractivity (Wildman–Crippen MR) is 113 cm³/mol. The Labute approximate surface area is 182 Å². The van der Waals surface area contributed by atoms with E-state index in [2.05, 4.69) is 20.8 Å². The number of ether oxygens (including phenoxy) is 2. The van der Waals surface area contributed by atoms with Crippen molar-refractivity contribution in [2.45, 2.75) is 23.9 Å². The third kappa shape index (κ3) is 5.28. The van der Waals surface area contributed by atoms with Gasteiger partial charge in [-0.25, -0.2) is 9.59 Å². The Morgan fingerprint density at radius 1 is 1.23 bits per heavy atom. The molecule has 1 aliphatic heterocycles. The third-order valence-electron chi connectivity index (χ3n) is 4.15. The SMILES string of the molecule is CCOC(=O)C1=C(CSc2nnc(CSC)o2)NC(=O)NC1c1ccc(OC)cc1. The summed E-state index contributed by atoms with van der Waals surface area (Å²) in [5.41, 5.74) is 1.50. The smallest absolute Gasteiger partial charge is 0.338 e. The Morgan fingerprint density at radius 2 is 2.00 bits per heavy atom. The molecule has 0 bridgehead atoms. The zero-order valence-electron chi connectivity index (χ0n) is 16.8. The third-order valence-corrected chi connectivity index (χ3v) is 5.53. The van der Waals surface area contributed by atoms with E-state index >= 15 is 0 Å². The lowest BCUT2D eigenvalue weighted by Crippen LogP contribution is -2.46. The zero-order valence-corrected chi connectivity index (χ0v) is 18.4. The Balaban J connectivity index is 1.90. The van der Waals surface area contributed by atoms with Crippen LogP contribution < -0.4 is 15.4 Å². The molecule has 2 heterocycles. The van der Waals surface area contributed by atoms with Gasteiger partial charge >= 0.3 is 12.0 Å². The molecule has 2 aromatic rings. The van der Waals surface area contributed by atoms with Crippen LogP contribution in [0, 0.1) is 0 Å². The second kappa shape index (κ2) is 10.4. The minimum absolute atomic E-state index is 0.216. The largest absolute Gasteiger partial charge is 0.497 e. The van der Waals surface area contributed by atoms with Gasteiger partial charge in [0, 0.05) is 11.4 Å². The summed E-state index contributed by atoms with van der Waals surface area (Å²) < 4.78 is 16.0. The van der Waals surface area contributed by atoms with Crippen LogP contribution in [0.3, 0.4) is 0 Å². The van der Waals surface area contributed by atoms with Crippen LogP contribution in [0.5, 0.6) is 5.75 Å². The van der Waals surface area contributed by atoms with Crippen molar-refractivity contribution in [1.82, 2.24) is 20.8 Å². The van der Waals surface area contributed by atoms with E-state index in [4.69, 9.17) is 13.9 Å². The normalized spacial score (nSPS) is 16.1. The molecule has 3 rings (SSSR count). The first-order valence-electron chi connectivity index (χ1n) is 9.11. The number of rotatable bonds is 9. The highest BCUT2D eigenvalue weighted by Crippen LogP contribution is 2.31. The molecule has 2 amide bonds. The lowest BCUT2D eigenvalue weighted by atomic mass is 9.95. The molecule has 0 saturated heterocycles. The van der Waals surface area contributed by atoms with Gasteiger partial charge in [0.2, 0.25) is 5.89 Å². The molecule has 9 nitrogen and oxygen atoms in total. The van der Waals surface area contributed by atoms with Crippen LogP contribution in [-0.4, -0.2) is 47.9 Å². The molecule has 1 atom stereocenters. The summed E-state index contributed by atoms with van der Waals surface area (Å²) in [7, 11) is 1.57. The van der Waals surface area contributed by atoms with Gasteiger partial charge in [-0.15, -0.1) is 10.2 Å². The molecule has 0 saturated carbocycles. The molecule has 30 heavy (non-hydrogen) atoms. The number of benzene rings is 1. The monoisotopic (exact) mass is 450 g/mol. The predicted octanol–water partition coefficient (Wildman–Crippen LogP) is 2.90. The summed E-state index contributed by atoms with van der Waals surface area (Å²) in [6, 6.07) is 6.07. The van der Waals surface area contributed by atoms with E-state index < -0.39 is 18.0 Å². The Bertz CT molecular complexity index is 929. The molecule has 11 heteroatoms. The summed E-state index contributed by atoms with van der Waals surface area (Å²) in [4.78, 5) is 25.1. The topological polar surface area (TPSA) is 116 Å². The molecule has 1 aromatic heterocycles. The van der Waals surface area contributed by atoms with Crippen LogP contribution >= 0.6 is 23.5 Å². The van der Waals surface area contributed by atoms with E-state index in [1.807, 2.05) is 6.26 Å². The number of nitrogens with zero attached hydrogens (tertiary/aromatic N) is 2. The van der Waals surface area contributed by atoms with Crippen molar-refractivity contribution in [3.8, 4) is 5.75 Å². The summed E-state index contributed by atoms with van der Waals surface area (Å²) in [5, 5.41) is 13.8. The highest BCUT2D eigenvalue weighted by atomic mass is 32.2. The Kier molecular flexibility index (Phi) is 7.63. The van der Waals surface area contributed by atoms with E-state index in [1.54, 1.807) is 50.1 Å². The second-order valence-electron chi connectivity index (χ2n) is 6.10. The maximum absolute atomic E-state index is 12.8. The lowest BCUT2D eigenvalue weighted by molar-refractivity contribution is -0.139. The van der Waals surface area contributed by atoms with E-state index in [1.165, 1.54) is 11.8 Å². The highest BCUT2D eigenvalue weighted by molar-refractivity contribution is 7.99. The maximum atomic E-state index is 12.8. The van der Waals surface area contributed by atoms with E-state index in [9.17, 15) is 9.59 Å². The van der Waals surface area contributed by atoms with Crippen molar-refractivity contribution >= 4 is 35.5 Å². The first-order chi connectivity index (χ1) is 14.5. The molecular formula is C19H22N4O5S2. The number of carbonyl (C=O) groups is 2. The number of nitrogens with one attached hydrogen (secondary N) is 2. The quantitative estimate of drug-likeness (QED) is 0.439.